The number of hydrogen-bond acceptors (Lipinski definition) is 7. The van der Waals surface area contributed by atoms with Crippen molar-refractivity contribution in [1.29, 1.82) is 0 Å². The van der Waals surface area contributed by atoms with E-state index < -0.39 is 9.84 Å². The molecule has 3 aromatic rings. The number of anilines is 1. The molecule has 0 bridgehead atoms. The zero-order valence-corrected chi connectivity index (χ0v) is 18.2. The maximum atomic E-state index is 13.1. The van der Waals surface area contributed by atoms with Crippen LogP contribution in [0.2, 0.25) is 0 Å². The molecular formula is C21H21N3O4S2. The molecule has 0 spiro atoms. The number of carbonyl (C=O) groups excluding carboxylic acids is 1. The molecular weight excluding hydrogens is 422 g/mol. The van der Waals surface area contributed by atoms with E-state index in [1.165, 1.54) is 11.3 Å². The zero-order valence-electron chi connectivity index (χ0n) is 16.6. The number of likely N-dealkylation sites (N-methyl/N-ethyl adjacent to an activating group) is 1. The molecule has 0 saturated heterocycles. The molecule has 4 rings (SSSR count). The molecule has 1 aliphatic rings. The van der Waals surface area contributed by atoms with Crippen molar-refractivity contribution in [2.45, 2.75) is 17.4 Å². The molecule has 1 aromatic carbocycles. The number of thiophene rings is 1. The molecule has 7 nitrogen and oxygen atoms in total. The Morgan fingerprint density at radius 3 is 2.60 bits per heavy atom. The highest BCUT2D eigenvalue weighted by Crippen LogP contribution is 2.35. The zero-order chi connectivity index (χ0) is 21.3. The highest BCUT2D eigenvalue weighted by molar-refractivity contribution is 7.90. The van der Waals surface area contributed by atoms with Gasteiger partial charge in [0.25, 0.3) is 5.91 Å². The van der Waals surface area contributed by atoms with Gasteiger partial charge in [0.05, 0.1) is 23.7 Å². The second kappa shape index (κ2) is 8.08. The molecule has 156 valence electrons. The third kappa shape index (κ3) is 4.17. The van der Waals surface area contributed by atoms with Gasteiger partial charge in [-0.2, -0.15) is 5.10 Å². The van der Waals surface area contributed by atoms with Crippen LogP contribution >= 0.6 is 11.3 Å². The SMILES string of the molecule is CN(CC(=O)N1N=C(c2ccco2)CC1c1cccs1)c1ccc(S(C)(=O)=O)cc1. The summed E-state index contributed by atoms with van der Waals surface area (Å²) in [5.74, 6) is 0.515. The summed E-state index contributed by atoms with van der Waals surface area (Å²) in [5, 5.41) is 8.09. The fourth-order valence-corrected chi connectivity index (χ4v) is 4.79. The van der Waals surface area contributed by atoms with Crippen molar-refractivity contribution in [2.24, 2.45) is 5.10 Å². The molecule has 0 N–H and O–H groups in total. The summed E-state index contributed by atoms with van der Waals surface area (Å²) in [7, 11) is -1.47. The van der Waals surface area contributed by atoms with E-state index in [4.69, 9.17) is 4.42 Å². The van der Waals surface area contributed by atoms with E-state index in [2.05, 4.69) is 5.10 Å². The lowest BCUT2D eigenvalue weighted by Gasteiger charge is -2.25. The van der Waals surface area contributed by atoms with Crippen LogP contribution in [0.4, 0.5) is 5.69 Å². The lowest BCUT2D eigenvalue weighted by atomic mass is 10.1. The molecule has 3 heterocycles. The van der Waals surface area contributed by atoms with Crippen molar-refractivity contribution in [3.8, 4) is 0 Å². The number of amides is 1. The van der Waals surface area contributed by atoms with Crippen molar-refractivity contribution in [1.82, 2.24) is 5.01 Å². The second-order valence-electron chi connectivity index (χ2n) is 7.12. The van der Waals surface area contributed by atoms with Gasteiger partial charge in [-0.1, -0.05) is 6.07 Å². The number of sulfone groups is 1. The molecule has 0 radical (unpaired) electrons. The van der Waals surface area contributed by atoms with Gasteiger partial charge < -0.3 is 9.32 Å². The highest BCUT2D eigenvalue weighted by Gasteiger charge is 2.34. The van der Waals surface area contributed by atoms with Gasteiger partial charge in [-0.15, -0.1) is 11.3 Å². The van der Waals surface area contributed by atoms with E-state index in [0.29, 0.717) is 12.2 Å². The fraction of sp³-hybridized carbons (Fsp3) is 0.238. The summed E-state index contributed by atoms with van der Waals surface area (Å²) in [6.45, 7) is 0.106. The van der Waals surface area contributed by atoms with E-state index in [9.17, 15) is 13.2 Å². The maximum Gasteiger partial charge on any atom is 0.262 e. The second-order valence-corrected chi connectivity index (χ2v) is 10.1. The van der Waals surface area contributed by atoms with Gasteiger partial charge in [-0.3, -0.25) is 4.79 Å². The Balaban J connectivity index is 1.54. The molecule has 0 aliphatic carbocycles. The number of benzene rings is 1. The van der Waals surface area contributed by atoms with E-state index in [1.807, 2.05) is 23.6 Å². The standard InChI is InChI=1S/C21H21N3O4S2/c1-23(15-7-9-16(10-8-15)30(2,26)27)14-21(25)24-18(20-6-4-12-29-20)13-17(22-24)19-5-3-11-28-19/h3-12,18H,13-14H2,1-2H3. The van der Waals surface area contributed by atoms with Crippen molar-refractivity contribution >= 4 is 38.5 Å². The molecule has 1 aliphatic heterocycles. The normalized spacial score (nSPS) is 16.5. The minimum Gasteiger partial charge on any atom is -0.463 e. The van der Waals surface area contributed by atoms with E-state index >= 15 is 0 Å². The molecule has 0 saturated carbocycles. The smallest absolute Gasteiger partial charge is 0.262 e. The Morgan fingerprint density at radius 1 is 1.23 bits per heavy atom. The van der Waals surface area contributed by atoms with Crippen LogP contribution in [0.25, 0.3) is 0 Å². The molecule has 0 fully saturated rings. The van der Waals surface area contributed by atoms with Crippen LogP contribution in [0.1, 0.15) is 23.1 Å². The Morgan fingerprint density at radius 2 is 2.00 bits per heavy atom. The van der Waals surface area contributed by atoms with Crippen molar-refractivity contribution < 1.29 is 17.6 Å². The van der Waals surface area contributed by atoms with Gasteiger partial charge in [-0.25, -0.2) is 13.4 Å². The summed E-state index contributed by atoms with van der Waals surface area (Å²) in [4.78, 5) is 16.2. The average Bonchev–Trinajstić information content (AvgIpc) is 3.47. The van der Waals surface area contributed by atoms with Crippen LogP contribution in [0, 0.1) is 0 Å². The predicted octanol–water partition coefficient (Wildman–Crippen LogP) is 3.56. The van der Waals surface area contributed by atoms with Crippen molar-refractivity contribution in [3.63, 3.8) is 0 Å². The number of furan rings is 1. The summed E-state index contributed by atoms with van der Waals surface area (Å²) < 4.78 is 28.8. The van der Waals surface area contributed by atoms with Crippen LogP contribution in [0.15, 0.2) is 74.6 Å². The molecule has 1 unspecified atom stereocenters. The number of hydrazone groups is 1. The number of nitrogens with zero attached hydrogens (tertiary/aromatic N) is 3. The first kappa shape index (κ1) is 20.4. The van der Waals surface area contributed by atoms with Crippen molar-refractivity contribution in [3.05, 3.63) is 70.8 Å². The van der Waals surface area contributed by atoms with Gasteiger partial charge in [0.15, 0.2) is 9.84 Å². The summed E-state index contributed by atoms with van der Waals surface area (Å²) in [5.41, 5.74) is 1.49. The largest absolute Gasteiger partial charge is 0.463 e. The van der Waals surface area contributed by atoms with Crippen LogP contribution in [0.3, 0.4) is 0 Å². The quantitative estimate of drug-likeness (QED) is 0.582. The predicted molar refractivity (Wildman–Crippen MR) is 117 cm³/mol. The Bertz CT molecular complexity index is 1150. The van der Waals surface area contributed by atoms with Gasteiger partial charge in [-0.05, 0) is 47.8 Å². The van der Waals surface area contributed by atoms with Gasteiger partial charge in [0.2, 0.25) is 0 Å². The molecule has 30 heavy (non-hydrogen) atoms. The Kier molecular flexibility index (Phi) is 5.48. The van der Waals surface area contributed by atoms with Crippen LogP contribution in [0.5, 0.6) is 0 Å². The average molecular weight is 444 g/mol. The first-order valence-electron chi connectivity index (χ1n) is 9.31. The Hall–Kier alpha value is -2.91. The topological polar surface area (TPSA) is 83.2 Å². The first-order valence-corrected chi connectivity index (χ1v) is 12.1. The summed E-state index contributed by atoms with van der Waals surface area (Å²) in [6, 6.07) is 13.9. The monoisotopic (exact) mass is 443 g/mol. The molecule has 9 heteroatoms. The van der Waals surface area contributed by atoms with Gasteiger partial charge in [0, 0.05) is 30.3 Å². The van der Waals surface area contributed by atoms with Gasteiger partial charge in [0.1, 0.15) is 11.5 Å². The van der Waals surface area contributed by atoms with E-state index in [0.717, 1.165) is 16.3 Å². The minimum atomic E-state index is -3.26. The highest BCUT2D eigenvalue weighted by atomic mass is 32.2. The van der Waals surface area contributed by atoms with Crippen molar-refractivity contribution in [2.75, 3.05) is 24.7 Å². The Labute approximate surface area is 179 Å². The van der Waals surface area contributed by atoms with Crippen LogP contribution < -0.4 is 4.90 Å². The number of carbonyl (C=O) groups is 1. The first-order chi connectivity index (χ1) is 14.3. The van der Waals surface area contributed by atoms with Crippen LogP contribution in [-0.4, -0.2) is 44.9 Å². The molecule has 1 amide bonds. The molecule has 1 atom stereocenters. The third-order valence-electron chi connectivity index (χ3n) is 4.92. The third-order valence-corrected chi connectivity index (χ3v) is 7.02. The maximum absolute atomic E-state index is 13.1. The van der Waals surface area contributed by atoms with Gasteiger partial charge >= 0.3 is 0 Å². The fourth-order valence-electron chi connectivity index (χ4n) is 3.35. The lowest BCUT2D eigenvalue weighted by Crippen LogP contribution is -2.36. The summed E-state index contributed by atoms with van der Waals surface area (Å²) in [6.07, 6.45) is 3.35. The summed E-state index contributed by atoms with van der Waals surface area (Å²) >= 11 is 1.59. The number of hydrogen-bond donors (Lipinski definition) is 0. The molecule has 2 aromatic heterocycles. The van der Waals surface area contributed by atoms with E-state index in [-0.39, 0.29) is 23.4 Å². The van der Waals surface area contributed by atoms with E-state index in [1.54, 1.807) is 59.9 Å². The lowest BCUT2D eigenvalue weighted by molar-refractivity contribution is -0.131. The number of rotatable bonds is 6. The van der Waals surface area contributed by atoms with Crippen LogP contribution in [-0.2, 0) is 14.6 Å². The minimum absolute atomic E-state index is 0.106.